The van der Waals surface area contributed by atoms with E-state index in [9.17, 15) is 15.0 Å². The summed E-state index contributed by atoms with van der Waals surface area (Å²) in [5, 5.41) is 21.2. The van der Waals surface area contributed by atoms with Crippen molar-refractivity contribution in [3.8, 4) is 11.8 Å². The van der Waals surface area contributed by atoms with Crippen molar-refractivity contribution in [3.05, 3.63) is 12.2 Å². The second-order valence-corrected chi connectivity index (χ2v) is 9.16. The van der Waals surface area contributed by atoms with Gasteiger partial charge in [0, 0.05) is 30.4 Å². The first-order valence-corrected chi connectivity index (χ1v) is 11.2. The van der Waals surface area contributed by atoms with Crippen molar-refractivity contribution in [2.24, 2.45) is 22.7 Å². The maximum absolute atomic E-state index is 11.1. The van der Waals surface area contributed by atoms with Crippen molar-refractivity contribution >= 4 is 23.5 Å². The molecule has 0 aromatic heterocycles. The molecule has 2 N–H and O–H groups in total. The number of nitrogens with zero attached hydrogens (tertiary/aromatic N) is 1. The van der Waals surface area contributed by atoms with Gasteiger partial charge in [-0.05, 0) is 44.9 Å². The molecule has 3 aliphatic rings. The largest absolute Gasteiger partial charge is 0.392 e. The zero-order valence-corrected chi connectivity index (χ0v) is 17.7. The highest BCUT2D eigenvalue weighted by Crippen LogP contribution is 2.50. The van der Waals surface area contributed by atoms with E-state index in [0.29, 0.717) is 18.8 Å². The molecule has 0 aromatic carbocycles. The van der Waals surface area contributed by atoms with E-state index in [1.807, 2.05) is 19.1 Å². The summed E-state index contributed by atoms with van der Waals surface area (Å²) in [4.78, 5) is 16.0. The Morgan fingerprint density at radius 1 is 1.39 bits per heavy atom. The summed E-state index contributed by atoms with van der Waals surface area (Å²) >= 11 is 3.84. The molecule has 0 aromatic rings. The molecule has 4 nitrogen and oxygen atoms in total. The van der Waals surface area contributed by atoms with Gasteiger partial charge in [0.2, 0.25) is 0 Å². The molecule has 5 atom stereocenters. The molecule has 1 aliphatic heterocycles. The average Bonchev–Trinajstić information content (AvgIpc) is 3.11. The lowest BCUT2D eigenvalue weighted by atomic mass is 9.81. The Balaban J connectivity index is 1.69. The summed E-state index contributed by atoms with van der Waals surface area (Å²) in [5.41, 5.74) is 0.583. The first-order valence-electron chi connectivity index (χ1n) is 10.7. The zero-order chi connectivity index (χ0) is 20.1. The van der Waals surface area contributed by atoms with E-state index in [2.05, 4.69) is 24.5 Å². The Bertz CT molecular complexity index is 686. The minimum absolute atomic E-state index is 0.0353. The van der Waals surface area contributed by atoms with Gasteiger partial charge in [-0.3, -0.25) is 9.79 Å². The van der Waals surface area contributed by atoms with Crippen LogP contribution in [0.15, 0.2) is 17.1 Å². The highest BCUT2D eigenvalue weighted by atomic mass is 32.1. The van der Waals surface area contributed by atoms with Gasteiger partial charge < -0.3 is 10.2 Å². The fourth-order valence-electron chi connectivity index (χ4n) is 5.34. The topological polar surface area (TPSA) is 69.9 Å². The van der Waals surface area contributed by atoms with Gasteiger partial charge in [0.1, 0.15) is 5.54 Å². The van der Waals surface area contributed by atoms with Crippen molar-refractivity contribution < 1.29 is 15.0 Å². The summed E-state index contributed by atoms with van der Waals surface area (Å²) in [5.74, 6) is 6.76. The molecule has 1 heterocycles. The Hall–Kier alpha value is -1.09. The third-order valence-corrected chi connectivity index (χ3v) is 6.94. The van der Waals surface area contributed by atoms with Crippen LogP contribution < -0.4 is 0 Å². The van der Waals surface area contributed by atoms with Crippen LogP contribution in [0.1, 0.15) is 71.1 Å². The molecule has 0 radical (unpaired) electrons. The van der Waals surface area contributed by atoms with Crippen LogP contribution in [0.2, 0.25) is 0 Å². The van der Waals surface area contributed by atoms with E-state index in [-0.39, 0.29) is 17.0 Å². The maximum atomic E-state index is 11.1. The van der Waals surface area contributed by atoms with Crippen molar-refractivity contribution in [2.75, 3.05) is 0 Å². The van der Waals surface area contributed by atoms with E-state index in [4.69, 9.17) is 4.99 Å². The Morgan fingerprint density at radius 2 is 2.14 bits per heavy atom. The molecule has 2 aliphatic carbocycles. The molecule has 0 bridgehead atoms. The van der Waals surface area contributed by atoms with Crippen molar-refractivity contribution in [1.82, 2.24) is 0 Å². The first kappa shape index (κ1) is 21.6. The summed E-state index contributed by atoms with van der Waals surface area (Å²) in [6, 6.07) is 0. The third kappa shape index (κ3) is 4.90. The van der Waals surface area contributed by atoms with Gasteiger partial charge >= 0.3 is 0 Å². The number of aliphatic hydroxyl groups is 2. The number of carbonyl (C=O) groups is 1. The summed E-state index contributed by atoms with van der Waals surface area (Å²) < 4.78 is 0. The molecule has 0 amide bonds. The van der Waals surface area contributed by atoms with Crippen LogP contribution in [0.25, 0.3) is 0 Å². The second kappa shape index (κ2) is 9.61. The summed E-state index contributed by atoms with van der Waals surface area (Å²) in [6.07, 6.45) is 12.2. The number of fused-ring (bicyclic) bond motifs is 1. The van der Waals surface area contributed by atoms with E-state index in [0.717, 1.165) is 37.8 Å². The van der Waals surface area contributed by atoms with Crippen molar-refractivity contribution in [2.45, 2.75) is 88.9 Å². The quantitative estimate of drug-likeness (QED) is 0.345. The van der Waals surface area contributed by atoms with Crippen LogP contribution in [-0.4, -0.2) is 38.8 Å². The SMILES string of the molecule is CC#CC12CC(O)C(C=CC(O)C3CCCCC3)C1CC(CCCC(=O)S)=N2. The van der Waals surface area contributed by atoms with E-state index in [1.165, 1.54) is 19.3 Å². The number of hydrogen-bond donors (Lipinski definition) is 3. The van der Waals surface area contributed by atoms with Gasteiger partial charge in [-0.15, -0.1) is 18.5 Å². The lowest BCUT2D eigenvalue weighted by molar-refractivity contribution is -0.110. The molecule has 5 heteroatoms. The number of aliphatic hydroxyl groups excluding tert-OH is 2. The fourth-order valence-corrected chi connectivity index (χ4v) is 5.49. The van der Waals surface area contributed by atoms with Crippen molar-refractivity contribution in [3.63, 3.8) is 0 Å². The minimum Gasteiger partial charge on any atom is -0.392 e. The molecule has 0 saturated heterocycles. The Kier molecular flexibility index (Phi) is 7.42. The molecule has 154 valence electrons. The summed E-state index contributed by atoms with van der Waals surface area (Å²) in [7, 11) is 0. The predicted octanol–water partition coefficient (Wildman–Crippen LogP) is 3.71. The lowest BCUT2D eigenvalue weighted by Crippen LogP contribution is -2.28. The van der Waals surface area contributed by atoms with Crippen molar-refractivity contribution in [1.29, 1.82) is 0 Å². The predicted molar refractivity (Wildman–Crippen MR) is 115 cm³/mol. The Labute approximate surface area is 174 Å². The van der Waals surface area contributed by atoms with Gasteiger partial charge in [0.25, 0.3) is 0 Å². The third-order valence-electron chi connectivity index (χ3n) is 6.72. The van der Waals surface area contributed by atoms with E-state index >= 15 is 0 Å². The monoisotopic (exact) mass is 403 g/mol. The van der Waals surface area contributed by atoms with Crippen LogP contribution in [0.4, 0.5) is 0 Å². The normalized spacial score (nSPS) is 34.0. The zero-order valence-electron chi connectivity index (χ0n) is 16.8. The fraction of sp³-hybridized carbons (Fsp3) is 0.739. The molecular formula is C23H33NO3S. The summed E-state index contributed by atoms with van der Waals surface area (Å²) in [6.45, 7) is 1.82. The second-order valence-electron chi connectivity index (χ2n) is 8.66. The molecule has 28 heavy (non-hydrogen) atoms. The van der Waals surface area contributed by atoms with E-state index in [1.54, 1.807) is 0 Å². The van der Waals surface area contributed by atoms with Crippen LogP contribution in [0, 0.1) is 29.6 Å². The highest BCUT2D eigenvalue weighted by molar-refractivity contribution is 7.96. The Morgan fingerprint density at radius 3 is 2.82 bits per heavy atom. The van der Waals surface area contributed by atoms with Crippen LogP contribution in [0.3, 0.4) is 0 Å². The number of rotatable bonds is 7. The molecule has 0 spiro atoms. The van der Waals surface area contributed by atoms with E-state index < -0.39 is 17.7 Å². The maximum Gasteiger partial charge on any atom is 0.185 e. The highest BCUT2D eigenvalue weighted by Gasteiger charge is 2.54. The number of carbonyl (C=O) groups excluding carboxylic acids is 1. The average molecular weight is 404 g/mol. The van der Waals surface area contributed by atoms with Gasteiger partial charge in [0.05, 0.1) is 12.2 Å². The standard InChI is InChI=1S/C23H33NO3S/c1-2-13-23-15-21(26)18(11-12-20(25)16-7-4-3-5-8-16)19(23)14-17(24-23)9-6-10-22(27)28/h11-12,16,18-21,25-26H,3-10,14-15H2,1H3,(H,27,28). The molecule has 3 rings (SSSR count). The lowest BCUT2D eigenvalue weighted by Gasteiger charge is -2.26. The molecule has 5 unspecified atom stereocenters. The van der Waals surface area contributed by atoms with Gasteiger partial charge in [0.15, 0.2) is 5.12 Å². The first-order chi connectivity index (χ1) is 13.4. The van der Waals surface area contributed by atoms with Gasteiger partial charge in [-0.1, -0.05) is 37.3 Å². The smallest absolute Gasteiger partial charge is 0.185 e. The van der Waals surface area contributed by atoms with Gasteiger partial charge in [-0.2, -0.15) is 0 Å². The molecule has 2 fully saturated rings. The minimum atomic E-state index is -0.515. The van der Waals surface area contributed by atoms with Crippen LogP contribution in [0.5, 0.6) is 0 Å². The van der Waals surface area contributed by atoms with Crippen LogP contribution >= 0.6 is 12.6 Å². The van der Waals surface area contributed by atoms with Crippen LogP contribution in [-0.2, 0) is 4.79 Å². The molecule has 2 saturated carbocycles. The number of thiol groups is 1. The van der Waals surface area contributed by atoms with Gasteiger partial charge in [-0.25, -0.2) is 0 Å². The number of aliphatic imine (C=N–C) groups is 1. The number of hydrogen-bond acceptors (Lipinski definition) is 4. The molecular weight excluding hydrogens is 370 g/mol.